The van der Waals surface area contributed by atoms with Crippen LogP contribution in [0.3, 0.4) is 0 Å². The number of unbranched alkanes of at least 4 members (excludes halogenated alkanes) is 1. The van der Waals surface area contributed by atoms with E-state index in [-0.39, 0.29) is 10.8 Å². The van der Waals surface area contributed by atoms with Gasteiger partial charge in [-0.15, -0.1) is 6.58 Å². The Labute approximate surface area is 177 Å². The third kappa shape index (κ3) is 6.89. The topological polar surface area (TPSA) is 59.0 Å². The number of methoxy groups -OCH3 is 1. The van der Waals surface area contributed by atoms with E-state index in [0.29, 0.717) is 30.8 Å². The zero-order valence-corrected chi connectivity index (χ0v) is 20.3. The molecule has 0 saturated carbocycles. The van der Waals surface area contributed by atoms with Crippen LogP contribution in [0.1, 0.15) is 51.7 Å². The summed E-state index contributed by atoms with van der Waals surface area (Å²) in [5, 5.41) is 10.9. The highest BCUT2D eigenvalue weighted by atomic mass is 28.4. The first-order chi connectivity index (χ1) is 13.5. The molecule has 0 saturated heterocycles. The smallest absolute Gasteiger partial charge is 0.414 e. The standard InChI is InChI=1S/C23H39NO4Si/c1-9-11-12-18-16-20(24(14-10-2)22(26)27-6)19(21(25)17-18)13-15-28-29(7,8)23(3,4)5/h10,16-17,25H,2,9,11-15H2,1,3-8H3. The van der Waals surface area contributed by atoms with Crippen molar-refractivity contribution in [3.8, 4) is 5.75 Å². The number of aryl methyl sites for hydroxylation is 1. The number of rotatable bonds is 10. The fourth-order valence-corrected chi connectivity index (χ4v) is 3.90. The molecule has 0 atom stereocenters. The minimum absolute atomic E-state index is 0.114. The summed E-state index contributed by atoms with van der Waals surface area (Å²) in [6.07, 6.45) is 4.64. The summed E-state index contributed by atoms with van der Waals surface area (Å²) in [5.74, 6) is 0.199. The number of phenols is 1. The van der Waals surface area contributed by atoms with Gasteiger partial charge >= 0.3 is 6.09 Å². The van der Waals surface area contributed by atoms with Crippen LogP contribution in [0.2, 0.25) is 18.1 Å². The van der Waals surface area contributed by atoms with Gasteiger partial charge < -0.3 is 14.3 Å². The Hall–Kier alpha value is -1.79. The third-order valence-corrected chi connectivity index (χ3v) is 10.2. The lowest BCUT2D eigenvalue weighted by atomic mass is 10.0. The molecule has 5 nitrogen and oxygen atoms in total. The van der Waals surface area contributed by atoms with Crippen molar-refractivity contribution < 1.29 is 19.1 Å². The van der Waals surface area contributed by atoms with E-state index < -0.39 is 14.4 Å². The Morgan fingerprint density at radius 2 is 1.93 bits per heavy atom. The van der Waals surface area contributed by atoms with Gasteiger partial charge in [0.05, 0.1) is 12.8 Å². The molecule has 0 aliphatic heterocycles. The quantitative estimate of drug-likeness (QED) is 0.368. The first-order valence-corrected chi connectivity index (χ1v) is 13.3. The van der Waals surface area contributed by atoms with Crippen LogP contribution in [-0.4, -0.2) is 39.8 Å². The molecule has 0 radical (unpaired) electrons. The van der Waals surface area contributed by atoms with Crippen LogP contribution in [-0.2, 0) is 22.0 Å². The molecule has 1 amide bonds. The van der Waals surface area contributed by atoms with Crippen molar-refractivity contribution in [3.63, 3.8) is 0 Å². The molecule has 29 heavy (non-hydrogen) atoms. The van der Waals surface area contributed by atoms with Crippen LogP contribution in [0, 0.1) is 0 Å². The fourth-order valence-electron chi connectivity index (χ4n) is 2.86. The molecular formula is C23H39NO4Si. The maximum atomic E-state index is 12.4. The number of amides is 1. The van der Waals surface area contributed by atoms with Crippen LogP contribution < -0.4 is 4.90 Å². The highest BCUT2D eigenvalue weighted by Gasteiger charge is 2.37. The van der Waals surface area contributed by atoms with Crippen LogP contribution in [0.15, 0.2) is 24.8 Å². The largest absolute Gasteiger partial charge is 0.508 e. The number of phenolic OH excluding ortho intramolecular Hbond substituents is 1. The maximum Gasteiger partial charge on any atom is 0.414 e. The Kier molecular flexibility index (Phi) is 9.43. The third-order valence-electron chi connectivity index (χ3n) is 5.70. The van der Waals surface area contributed by atoms with E-state index in [2.05, 4.69) is 47.4 Å². The van der Waals surface area contributed by atoms with E-state index in [1.165, 1.54) is 12.0 Å². The molecular weight excluding hydrogens is 382 g/mol. The van der Waals surface area contributed by atoms with Crippen LogP contribution >= 0.6 is 0 Å². The summed E-state index contributed by atoms with van der Waals surface area (Å²) in [6, 6.07) is 3.79. The van der Waals surface area contributed by atoms with Crippen molar-refractivity contribution >= 4 is 20.1 Å². The van der Waals surface area contributed by atoms with Gasteiger partial charge in [-0.2, -0.15) is 0 Å². The van der Waals surface area contributed by atoms with E-state index in [1.54, 1.807) is 6.08 Å². The summed E-state index contributed by atoms with van der Waals surface area (Å²) in [7, 11) is -0.536. The monoisotopic (exact) mass is 421 g/mol. The van der Waals surface area contributed by atoms with Crippen molar-refractivity contribution in [3.05, 3.63) is 35.9 Å². The summed E-state index contributed by atoms with van der Waals surface area (Å²) in [4.78, 5) is 13.9. The van der Waals surface area contributed by atoms with Gasteiger partial charge in [-0.25, -0.2) is 4.79 Å². The highest BCUT2D eigenvalue weighted by Crippen LogP contribution is 2.37. The number of carbonyl (C=O) groups excluding carboxylic acids is 1. The maximum absolute atomic E-state index is 12.4. The second kappa shape index (κ2) is 10.8. The van der Waals surface area contributed by atoms with Crippen LogP contribution in [0.5, 0.6) is 5.75 Å². The number of hydrogen-bond acceptors (Lipinski definition) is 4. The second-order valence-corrected chi connectivity index (χ2v) is 13.8. The van der Waals surface area contributed by atoms with Crippen molar-refractivity contribution in [2.45, 2.75) is 71.5 Å². The van der Waals surface area contributed by atoms with Crippen molar-refractivity contribution in [2.75, 3.05) is 25.2 Å². The SMILES string of the molecule is C=CCN(C(=O)OC)c1cc(CCCC)cc(O)c1CCO[Si](C)(C)C(C)(C)C. The van der Waals surface area contributed by atoms with Gasteiger partial charge in [0.1, 0.15) is 5.75 Å². The second-order valence-electron chi connectivity index (χ2n) is 8.94. The van der Waals surface area contributed by atoms with Gasteiger partial charge in [0.15, 0.2) is 8.32 Å². The van der Waals surface area contributed by atoms with E-state index in [9.17, 15) is 9.90 Å². The van der Waals surface area contributed by atoms with Crippen LogP contribution in [0.4, 0.5) is 10.5 Å². The van der Waals surface area contributed by atoms with E-state index in [4.69, 9.17) is 9.16 Å². The van der Waals surface area contributed by atoms with E-state index >= 15 is 0 Å². The molecule has 6 heteroatoms. The molecule has 0 fully saturated rings. The first-order valence-electron chi connectivity index (χ1n) is 10.4. The number of benzene rings is 1. The van der Waals surface area contributed by atoms with Gasteiger partial charge in [-0.05, 0) is 48.7 Å². The number of anilines is 1. The molecule has 1 N–H and O–H groups in total. The summed E-state index contributed by atoms with van der Waals surface area (Å²) < 4.78 is 11.3. The van der Waals surface area contributed by atoms with Gasteiger partial charge in [0, 0.05) is 25.1 Å². The predicted octanol–water partition coefficient (Wildman–Crippen LogP) is 6.06. The molecule has 0 heterocycles. The lowest BCUT2D eigenvalue weighted by molar-refractivity contribution is 0.179. The Bertz CT molecular complexity index is 695. The molecule has 1 aromatic rings. The number of hydrogen-bond donors (Lipinski definition) is 1. The number of ether oxygens (including phenoxy) is 1. The van der Waals surface area contributed by atoms with Gasteiger partial charge in [-0.1, -0.05) is 40.2 Å². The van der Waals surface area contributed by atoms with Crippen molar-refractivity contribution in [1.29, 1.82) is 0 Å². The molecule has 1 aromatic carbocycles. The lowest BCUT2D eigenvalue weighted by Gasteiger charge is -2.36. The number of nitrogens with zero attached hydrogens (tertiary/aromatic N) is 1. The van der Waals surface area contributed by atoms with E-state index in [1.807, 2.05) is 12.1 Å². The van der Waals surface area contributed by atoms with E-state index in [0.717, 1.165) is 24.8 Å². The fraction of sp³-hybridized carbons (Fsp3) is 0.609. The molecule has 0 aliphatic carbocycles. The van der Waals surface area contributed by atoms with Crippen molar-refractivity contribution in [2.24, 2.45) is 0 Å². The summed E-state index contributed by atoms with van der Waals surface area (Å²) >= 11 is 0. The zero-order valence-electron chi connectivity index (χ0n) is 19.3. The summed E-state index contributed by atoms with van der Waals surface area (Å²) in [6.45, 7) is 17.7. The molecule has 0 bridgehead atoms. The molecule has 0 aromatic heterocycles. The Morgan fingerprint density at radius 1 is 1.28 bits per heavy atom. The molecule has 1 rings (SSSR count). The van der Waals surface area contributed by atoms with Crippen molar-refractivity contribution in [1.82, 2.24) is 0 Å². The van der Waals surface area contributed by atoms with Crippen LogP contribution in [0.25, 0.3) is 0 Å². The predicted molar refractivity (Wildman–Crippen MR) is 124 cm³/mol. The molecule has 0 aliphatic rings. The Morgan fingerprint density at radius 3 is 2.45 bits per heavy atom. The van der Waals surface area contributed by atoms with Gasteiger partial charge in [0.2, 0.25) is 0 Å². The highest BCUT2D eigenvalue weighted by molar-refractivity contribution is 6.74. The minimum atomic E-state index is -1.90. The lowest BCUT2D eigenvalue weighted by Crippen LogP contribution is -2.41. The number of carbonyl (C=O) groups is 1. The first kappa shape index (κ1) is 25.2. The number of aromatic hydroxyl groups is 1. The zero-order chi connectivity index (χ0) is 22.2. The molecule has 164 valence electrons. The normalized spacial score (nSPS) is 12.0. The average Bonchev–Trinajstić information content (AvgIpc) is 2.64. The van der Waals surface area contributed by atoms with Gasteiger partial charge in [0.25, 0.3) is 0 Å². The van der Waals surface area contributed by atoms with Gasteiger partial charge in [-0.3, -0.25) is 4.90 Å². The summed E-state index contributed by atoms with van der Waals surface area (Å²) in [5.41, 5.74) is 2.38. The minimum Gasteiger partial charge on any atom is -0.508 e. The Balaban J connectivity index is 3.25. The molecule has 0 spiro atoms. The average molecular weight is 422 g/mol. The molecule has 0 unspecified atom stereocenters.